The van der Waals surface area contributed by atoms with E-state index in [1.54, 1.807) is 6.20 Å². The van der Waals surface area contributed by atoms with Crippen LogP contribution in [-0.2, 0) is 24.2 Å². The van der Waals surface area contributed by atoms with Gasteiger partial charge >= 0.3 is 0 Å². The van der Waals surface area contributed by atoms with Crippen LogP contribution >= 0.6 is 0 Å². The molecule has 1 atom stereocenters. The van der Waals surface area contributed by atoms with Crippen LogP contribution in [0, 0.1) is 5.92 Å². The predicted octanol–water partition coefficient (Wildman–Crippen LogP) is 2.96. The van der Waals surface area contributed by atoms with E-state index < -0.39 is 0 Å². The van der Waals surface area contributed by atoms with Crippen molar-refractivity contribution in [3.63, 3.8) is 0 Å². The van der Waals surface area contributed by atoms with Crippen molar-refractivity contribution < 1.29 is 4.79 Å². The second kappa shape index (κ2) is 8.79. The van der Waals surface area contributed by atoms with Gasteiger partial charge in [-0.25, -0.2) is 19.9 Å². The third kappa shape index (κ3) is 4.26. The quantitative estimate of drug-likeness (QED) is 0.691. The number of nitrogens with one attached hydrogen (secondary N) is 1. The second-order valence-electron chi connectivity index (χ2n) is 8.22. The van der Waals surface area contributed by atoms with Gasteiger partial charge in [-0.15, -0.1) is 0 Å². The zero-order valence-corrected chi connectivity index (χ0v) is 17.5. The summed E-state index contributed by atoms with van der Waals surface area (Å²) in [7, 11) is 0. The number of amides is 1. The molecule has 1 aromatic carbocycles. The number of carbonyl (C=O) groups is 1. The molecule has 1 aliphatic heterocycles. The Bertz CT molecular complexity index is 1060. The smallest absolute Gasteiger partial charge is 0.225 e. The van der Waals surface area contributed by atoms with Crippen molar-refractivity contribution in [2.45, 2.75) is 38.6 Å². The number of fused-ring (bicyclic) bond motifs is 1. The molecule has 3 aromatic rings. The highest BCUT2D eigenvalue weighted by Crippen LogP contribution is 2.33. The molecule has 2 aromatic heterocycles. The summed E-state index contributed by atoms with van der Waals surface area (Å²) in [6.45, 7) is 2.04. The maximum Gasteiger partial charge on any atom is 0.225 e. The molecule has 1 amide bonds. The van der Waals surface area contributed by atoms with E-state index in [0.29, 0.717) is 13.1 Å². The summed E-state index contributed by atoms with van der Waals surface area (Å²) >= 11 is 0. The van der Waals surface area contributed by atoms with Gasteiger partial charge < -0.3 is 10.2 Å². The lowest BCUT2D eigenvalue weighted by molar-refractivity contribution is -0.125. The van der Waals surface area contributed by atoms with Crippen molar-refractivity contribution in [2.24, 2.45) is 5.92 Å². The first-order valence-electron chi connectivity index (χ1n) is 11.0. The molecule has 7 nitrogen and oxygen atoms in total. The Morgan fingerprint density at radius 1 is 1.10 bits per heavy atom. The van der Waals surface area contributed by atoms with Gasteiger partial charge in [-0.3, -0.25) is 4.79 Å². The van der Waals surface area contributed by atoms with E-state index in [2.05, 4.69) is 32.3 Å². The van der Waals surface area contributed by atoms with Crippen LogP contribution in [0.3, 0.4) is 0 Å². The fraction of sp³-hybridized carbons (Fsp3) is 0.375. The molecule has 0 bridgehead atoms. The Morgan fingerprint density at radius 2 is 2.00 bits per heavy atom. The molecule has 2 aliphatic rings. The molecule has 1 saturated heterocycles. The van der Waals surface area contributed by atoms with Crippen LogP contribution in [0.2, 0.25) is 0 Å². The summed E-state index contributed by atoms with van der Waals surface area (Å²) in [5, 5.41) is 3.04. The van der Waals surface area contributed by atoms with Crippen LogP contribution in [0.1, 0.15) is 36.2 Å². The Kier molecular flexibility index (Phi) is 5.56. The largest absolute Gasteiger partial charge is 0.355 e. The Balaban J connectivity index is 1.35. The van der Waals surface area contributed by atoms with E-state index in [0.717, 1.165) is 61.5 Å². The van der Waals surface area contributed by atoms with Gasteiger partial charge in [0.2, 0.25) is 5.91 Å². The zero-order chi connectivity index (χ0) is 21.0. The lowest BCUT2D eigenvalue weighted by atomic mass is 9.96. The first-order chi connectivity index (χ1) is 15.3. The summed E-state index contributed by atoms with van der Waals surface area (Å²) in [6, 6.07) is 12.0. The van der Waals surface area contributed by atoms with E-state index in [1.165, 1.54) is 17.6 Å². The normalized spacial score (nSPS) is 17.9. The van der Waals surface area contributed by atoms with Crippen molar-refractivity contribution in [3.05, 3.63) is 65.9 Å². The van der Waals surface area contributed by atoms with Crippen LogP contribution in [0.5, 0.6) is 0 Å². The van der Waals surface area contributed by atoms with Crippen molar-refractivity contribution in [1.29, 1.82) is 0 Å². The number of aromatic nitrogens is 4. The molecule has 1 unspecified atom stereocenters. The first-order valence-corrected chi connectivity index (χ1v) is 11.0. The Morgan fingerprint density at radius 3 is 2.84 bits per heavy atom. The summed E-state index contributed by atoms with van der Waals surface area (Å²) < 4.78 is 0. The molecular formula is C24H26N6O. The Labute approximate surface area is 182 Å². The number of aryl methyl sites for hydroxylation is 1. The molecule has 0 saturated carbocycles. The average Bonchev–Trinajstić information content (AvgIpc) is 3.32. The molecule has 1 N–H and O–H groups in total. The van der Waals surface area contributed by atoms with Crippen LogP contribution in [0.15, 0.2) is 48.9 Å². The number of anilines is 1. The monoisotopic (exact) mass is 414 g/mol. The van der Waals surface area contributed by atoms with E-state index in [1.807, 2.05) is 24.3 Å². The minimum absolute atomic E-state index is 0.0530. The maximum absolute atomic E-state index is 12.9. The third-order valence-electron chi connectivity index (χ3n) is 6.12. The first kappa shape index (κ1) is 19.6. The number of piperidine rings is 1. The fourth-order valence-corrected chi connectivity index (χ4v) is 4.52. The van der Waals surface area contributed by atoms with E-state index in [9.17, 15) is 4.79 Å². The van der Waals surface area contributed by atoms with Crippen LogP contribution < -0.4 is 10.2 Å². The van der Waals surface area contributed by atoms with Gasteiger partial charge in [-0.1, -0.05) is 30.3 Å². The van der Waals surface area contributed by atoms with Gasteiger partial charge in [-0.2, -0.15) is 0 Å². The van der Waals surface area contributed by atoms with Gasteiger partial charge in [0.25, 0.3) is 0 Å². The molecular weight excluding hydrogens is 388 g/mol. The van der Waals surface area contributed by atoms with Crippen molar-refractivity contribution in [1.82, 2.24) is 25.3 Å². The number of nitrogens with zero attached hydrogens (tertiary/aromatic N) is 5. The van der Waals surface area contributed by atoms with Gasteiger partial charge in [0, 0.05) is 36.1 Å². The fourth-order valence-electron chi connectivity index (χ4n) is 4.52. The SMILES string of the molecule is O=C(NCc1ccncn1)C1CCCN(c2nc(-c3ccccc3)nc3c2CCC3)C1. The maximum atomic E-state index is 12.9. The minimum atomic E-state index is -0.0530. The number of benzene rings is 1. The molecule has 3 heterocycles. The molecule has 7 heteroatoms. The van der Waals surface area contributed by atoms with Crippen molar-refractivity contribution in [3.8, 4) is 11.4 Å². The van der Waals surface area contributed by atoms with Gasteiger partial charge in [0.1, 0.15) is 12.1 Å². The zero-order valence-electron chi connectivity index (χ0n) is 17.5. The predicted molar refractivity (Wildman–Crippen MR) is 118 cm³/mol. The number of hydrogen-bond acceptors (Lipinski definition) is 6. The summed E-state index contributed by atoms with van der Waals surface area (Å²) in [5.74, 6) is 1.83. The van der Waals surface area contributed by atoms with E-state index in [-0.39, 0.29) is 11.8 Å². The molecule has 1 fully saturated rings. The molecule has 31 heavy (non-hydrogen) atoms. The van der Waals surface area contributed by atoms with Gasteiger partial charge in [0.15, 0.2) is 5.82 Å². The molecule has 5 rings (SSSR count). The molecule has 0 spiro atoms. The van der Waals surface area contributed by atoms with E-state index in [4.69, 9.17) is 9.97 Å². The highest BCUT2D eigenvalue weighted by atomic mass is 16.1. The van der Waals surface area contributed by atoms with Crippen molar-refractivity contribution in [2.75, 3.05) is 18.0 Å². The number of rotatable bonds is 5. The molecule has 1 aliphatic carbocycles. The topological polar surface area (TPSA) is 83.9 Å². The number of carbonyl (C=O) groups excluding carboxylic acids is 1. The Hall–Kier alpha value is -3.35. The van der Waals surface area contributed by atoms with E-state index >= 15 is 0 Å². The van der Waals surface area contributed by atoms with Gasteiger partial charge in [0.05, 0.1) is 18.2 Å². The minimum Gasteiger partial charge on any atom is -0.355 e. The standard InChI is InChI=1S/C24H26N6O/c31-24(26-14-19-11-12-25-16-27-19)18-8-5-13-30(15-18)23-20-9-4-10-21(20)28-22(29-23)17-6-2-1-3-7-17/h1-3,6-7,11-12,16,18H,4-5,8-10,13-15H2,(H,26,31). The number of hydrogen-bond donors (Lipinski definition) is 1. The van der Waals surface area contributed by atoms with Crippen molar-refractivity contribution >= 4 is 11.7 Å². The van der Waals surface area contributed by atoms with Crippen LogP contribution in [0.25, 0.3) is 11.4 Å². The van der Waals surface area contributed by atoms with Crippen LogP contribution in [0.4, 0.5) is 5.82 Å². The highest BCUT2D eigenvalue weighted by molar-refractivity contribution is 5.79. The average molecular weight is 415 g/mol. The second-order valence-corrected chi connectivity index (χ2v) is 8.22. The molecule has 158 valence electrons. The summed E-state index contributed by atoms with van der Waals surface area (Å²) in [6.07, 6.45) is 8.20. The highest BCUT2D eigenvalue weighted by Gasteiger charge is 2.30. The van der Waals surface area contributed by atoms with Crippen LogP contribution in [-0.4, -0.2) is 38.9 Å². The third-order valence-corrected chi connectivity index (χ3v) is 6.12. The summed E-state index contributed by atoms with van der Waals surface area (Å²) in [4.78, 5) is 33.1. The van der Waals surface area contributed by atoms with Gasteiger partial charge in [-0.05, 0) is 38.2 Å². The lowest BCUT2D eigenvalue weighted by Gasteiger charge is -2.34. The lowest BCUT2D eigenvalue weighted by Crippen LogP contribution is -2.43. The summed E-state index contributed by atoms with van der Waals surface area (Å²) in [5.41, 5.74) is 4.28. The molecule has 0 radical (unpaired) electrons.